The molecule has 0 radical (unpaired) electrons. The zero-order chi connectivity index (χ0) is 35.3. The molecule has 0 aromatic heterocycles. The summed E-state index contributed by atoms with van der Waals surface area (Å²) in [5, 5.41) is 6.48. The first-order valence-electron chi connectivity index (χ1n) is 19.9. The number of nitrogens with one attached hydrogen (secondary N) is 2. The van der Waals surface area contributed by atoms with Crippen molar-refractivity contribution in [1.82, 2.24) is 10.6 Å². The summed E-state index contributed by atoms with van der Waals surface area (Å²) in [6, 6.07) is 23.5. The topological polar surface area (TPSA) is 76.7 Å². The molecule has 6 nitrogen and oxygen atoms in total. The minimum atomic E-state index is -0.200. The molecule has 6 rings (SSSR count). The van der Waals surface area contributed by atoms with Crippen LogP contribution in [-0.2, 0) is 28.9 Å². The first-order valence-corrected chi connectivity index (χ1v) is 21.0. The molecule has 3 aliphatic rings. The fourth-order valence-electron chi connectivity index (χ4n) is 8.13. The number of rotatable bonds is 18. The van der Waals surface area contributed by atoms with Gasteiger partial charge in [-0.25, -0.2) is 9.59 Å². The van der Waals surface area contributed by atoms with E-state index in [2.05, 4.69) is 77.9 Å². The van der Waals surface area contributed by atoms with Crippen molar-refractivity contribution in [1.29, 1.82) is 0 Å². The fourth-order valence-corrected chi connectivity index (χ4v) is 9.12. The van der Waals surface area contributed by atoms with Crippen molar-refractivity contribution in [3.8, 4) is 11.5 Å². The van der Waals surface area contributed by atoms with Gasteiger partial charge in [-0.1, -0.05) is 75.1 Å². The van der Waals surface area contributed by atoms with Crippen molar-refractivity contribution in [3.05, 3.63) is 94.5 Å². The number of hydrogen-bond donors (Lipinski definition) is 2. The highest BCUT2D eigenvalue weighted by atomic mass is 32.2. The molecule has 2 fully saturated rings. The molecule has 4 atom stereocenters. The van der Waals surface area contributed by atoms with Crippen LogP contribution in [0.4, 0.5) is 0 Å². The number of ether oxygens (including phenoxy) is 2. The molecule has 2 aliphatic heterocycles. The molecule has 0 bridgehead atoms. The Morgan fingerprint density at radius 2 is 1.37 bits per heavy atom. The summed E-state index contributed by atoms with van der Waals surface area (Å²) in [5.41, 5.74) is 6.84. The maximum Gasteiger partial charge on any atom is 0.328 e. The van der Waals surface area contributed by atoms with Crippen LogP contribution in [0.2, 0.25) is 0 Å². The minimum absolute atomic E-state index is 0.174. The second-order valence-electron chi connectivity index (χ2n) is 14.8. The lowest BCUT2D eigenvalue weighted by molar-refractivity contribution is -0.137. The monoisotopic (exact) mass is 710 g/mol. The highest BCUT2D eigenvalue weighted by Gasteiger charge is 2.32. The largest absolute Gasteiger partial charge is 0.425 e. The van der Waals surface area contributed by atoms with E-state index in [1.165, 1.54) is 65.0 Å². The van der Waals surface area contributed by atoms with E-state index in [1.54, 1.807) is 0 Å². The number of carbonyl (C=O) groups excluding carboxylic acids is 2. The third kappa shape index (κ3) is 10.9. The van der Waals surface area contributed by atoms with Gasteiger partial charge in [0.2, 0.25) is 0 Å². The van der Waals surface area contributed by atoms with E-state index in [0.29, 0.717) is 23.3 Å². The summed E-state index contributed by atoms with van der Waals surface area (Å²) in [5.74, 6) is 4.14. The van der Waals surface area contributed by atoms with Crippen molar-refractivity contribution >= 4 is 23.7 Å². The van der Waals surface area contributed by atoms with Crippen LogP contribution in [0.1, 0.15) is 124 Å². The van der Waals surface area contributed by atoms with Gasteiger partial charge < -0.3 is 20.1 Å². The van der Waals surface area contributed by atoms with Gasteiger partial charge in [-0.05, 0) is 159 Å². The molecule has 0 amide bonds. The Kier molecular flexibility index (Phi) is 14.5. The summed E-state index contributed by atoms with van der Waals surface area (Å²) in [6.07, 6.45) is 16.7. The van der Waals surface area contributed by atoms with E-state index in [9.17, 15) is 9.59 Å². The number of aryl methyl sites for hydroxylation is 3. The van der Waals surface area contributed by atoms with Crippen LogP contribution >= 0.6 is 11.8 Å². The number of benzene rings is 3. The summed E-state index contributed by atoms with van der Waals surface area (Å²) in [7, 11) is 0. The summed E-state index contributed by atoms with van der Waals surface area (Å²) in [6.45, 7) is 4.02. The normalized spacial score (nSPS) is 21.4. The van der Waals surface area contributed by atoms with Gasteiger partial charge in [0, 0.05) is 0 Å². The van der Waals surface area contributed by atoms with Crippen molar-refractivity contribution in [2.75, 3.05) is 24.6 Å². The second kappa shape index (κ2) is 19.6. The van der Waals surface area contributed by atoms with Gasteiger partial charge in [0.1, 0.15) is 23.6 Å². The maximum atomic E-state index is 12.7. The van der Waals surface area contributed by atoms with Gasteiger partial charge in [0.15, 0.2) is 0 Å². The molecule has 0 saturated carbocycles. The Bertz CT molecular complexity index is 1530. The SMILES string of the molecule is CCCCCCSCCc1ccc(CCCCC2c3ccc(OC(=O)[C@@H]4CCCN4)cc3CCC2c2ccc(OC(=O)C3CCCN3)cc2)cc1. The quantitative estimate of drug-likeness (QED) is 0.0775. The smallest absolute Gasteiger partial charge is 0.328 e. The Hall–Kier alpha value is -3.13. The van der Waals surface area contributed by atoms with Gasteiger partial charge in [-0.15, -0.1) is 0 Å². The van der Waals surface area contributed by atoms with E-state index in [0.717, 1.165) is 83.7 Å². The third-order valence-electron chi connectivity index (χ3n) is 11.1. The van der Waals surface area contributed by atoms with Gasteiger partial charge in [0.05, 0.1) is 0 Å². The number of hydrogen-bond acceptors (Lipinski definition) is 7. The average molecular weight is 711 g/mol. The molecule has 2 saturated heterocycles. The molecule has 3 unspecified atom stereocenters. The molecule has 2 N–H and O–H groups in total. The molecular weight excluding hydrogens is 653 g/mol. The number of fused-ring (bicyclic) bond motifs is 1. The van der Waals surface area contributed by atoms with E-state index in [-0.39, 0.29) is 24.0 Å². The van der Waals surface area contributed by atoms with Crippen molar-refractivity contribution in [2.24, 2.45) is 0 Å². The Morgan fingerprint density at radius 1 is 0.706 bits per heavy atom. The van der Waals surface area contributed by atoms with Crippen LogP contribution in [-0.4, -0.2) is 48.6 Å². The zero-order valence-electron chi connectivity index (χ0n) is 30.6. The fraction of sp³-hybridized carbons (Fsp3) is 0.545. The van der Waals surface area contributed by atoms with Gasteiger partial charge in [-0.3, -0.25) is 0 Å². The van der Waals surface area contributed by atoms with Crippen molar-refractivity contribution < 1.29 is 19.1 Å². The van der Waals surface area contributed by atoms with Crippen LogP contribution < -0.4 is 20.1 Å². The first-order chi connectivity index (χ1) is 25.1. The number of unbranched alkanes of at least 4 members (excludes halogenated alkanes) is 4. The summed E-state index contributed by atoms with van der Waals surface area (Å²) in [4.78, 5) is 25.3. The number of esters is 2. The molecule has 7 heteroatoms. The molecular formula is C44H58N2O4S. The summed E-state index contributed by atoms with van der Waals surface area (Å²) >= 11 is 2.10. The highest BCUT2D eigenvalue weighted by molar-refractivity contribution is 7.99. The lowest BCUT2D eigenvalue weighted by atomic mass is 9.70. The lowest BCUT2D eigenvalue weighted by Crippen LogP contribution is -2.34. The van der Waals surface area contributed by atoms with Gasteiger partial charge in [-0.2, -0.15) is 11.8 Å². The average Bonchev–Trinajstić information content (AvgIpc) is 3.90. The Labute approximate surface area is 310 Å². The molecule has 2 heterocycles. The van der Waals surface area contributed by atoms with Gasteiger partial charge >= 0.3 is 11.9 Å². The molecule has 51 heavy (non-hydrogen) atoms. The van der Waals surface area contributed by atoms with Crippen LogP contribution in [0.3, 0.4) is 0 Å². The Balaban J connectivity index is 1.06. The van der Waals surface area contributed by atoms with Crippen LogP contribution in [0, 0.1) is 0 Å². The number of thioether (sulfide) groups is 1. The standard InChI is InChI=1S/C44H58N2O4S/c1-2-3-4-7-29-51-30-26-33-16-14-32(15-17-33)10-5-6-11-40-38(34-18-21-36(22-19-34)49-43(47)41-12-8-27-45-41)24-20-35-31-37(23-25-39(35)40)50-44(48)42-13-9-28-46-42/h14-19,21-23,25,31,38,40-42,45-46H,2-13,20,24,26-30H2,1H3/t38?,40?,41?,42-/m0/s1. The zero-order valence-corrected chi connectivity index (χ0v) is 31.5. The van der Waals surface area contributed by atoms with E-state index >= 15 is 0 Å². The van der Waals surface area contributed by atoms with E-state index in [1.807, 2.05) is 18.2 Å². The molecule has 0 spiro atoms. The number of carbonyl (C=O) groups is 2. The third-order valence-corrected chi connectivity index (χ3v) is 12.2. The molecule has 1 aliphatic carbocycles. The van der Waals surface area contributed by atoms with E-state index < -0.39 is 0 Å². The summed E-state index contributed by atoms with van der Waals surface area (Å²) < 4.78 is 11.6. The predicted octanol–water partition coefficient (Wildman–Crippen LogP) is 9.08. The Morgan fingerprint density at radius 3 is 2.04 bits per heavy atom. The van der Waals surface area contributed by atoms with Crippen LogP contribution in [0.25, 0.3) is 0 Å². The maximum absolute atomic E-state index is 12.7. The molecule has 274 valence electrons. The van der Waals surface area contributed by atoms with Crippen molar-refractivity contribution in [2.45, 2.75) is 127 Å². The van der Waals surface area contributed by atoms with E-state index in [4.69, 9.17) is 9.47 Å². The van der Waals surface area contributed by atoms with Crippen LogP contribution in [0.5, 0.6) is 11.5 Å². The first kappa shape index (κ1) is 37.6. The van der Waals surface area contributed by atoms with Crippen molar-refractivity contribution in [3.63, 3.8) is 0 Å². The second-order valence-corrected chi connectivity index (χ2v) is 16.0. The van der Waals surface area contributed by atoms with Gasteiger partial charge in [0.25, 0.3) is 0 Å². The predicted molar refractivity (Wildman–Crippen MR) is 209 cm³/mol. The van der Waals surface area contributed by atoms with Crippen LogP contribution in [0.15, 0.2) is 66.7 Å². The minimum Gasteiger partial charge on any atom is -0.425 e. The molecule has 3 aromatic rings. The molecule has 3 aromatic carbocycles. The lowest BCUT2D eigenvalue weighted by Gasteiger charge is -2.34. The highest BCUT2D eigenvalue weighted by Crippen LogP contribution is 2.46.